The Kier molecular flexibility index (Phi) is 2.44. The zero-order valence-electron chi connectivity index (χ0n) is 9.05. The van der Waals surface area contributed by atoms with Gasteiger partial charge in [0.2, 0.25) is 5.71 Å². The Hall–Kier alpha value is -1.76. The van der Waals surface area contributed by atoms with Crippen molar-refractivity contribution < 1.29 is 10.0 Å². The second-order valence-corrected chi connectivity index (χ2v) is 5.27. The summed E-state index contributed by atoms with van der Waals surface area (Å²) in [5.74, 6) is 0.113. The largest absolute Gasteiger partial charge is 0.612 e. The van der Waals surface area contributed by atoms with E-state index in [2.05, 4.69) is 22.6 Å². The average molecular weight is 352 g/mol. The number of aliphatic hydroxyl groups is 1. The number of allylic oxidation sites excluding steroid dienone is 3. The monoisotopic (exact) mass is 352 g/mol. The second kappa shape index (κ2) is 3.88. The maximum atomic E-state index is 10.7. The van der Waals surface area contributed by atoms with Gasteiger partial charge in [0.15, 0.2) is 0 Å². The fraction of sp³-hybridized carbons (Fsp3) is 0. The zero-order chi connectivity index (χ0) is 12.9. The van der Waals surface area contributed by atoms with Crippen LogP contribution < -0.4 is 10.4 Å². The van der Waals surface area contributed by atoms with E-state index in [1.807, 2.05) is 18.2 Å². The molecule has 0 unspecified atom stereocenters. The Morgan fingerprint density at radius 1 is 1.11 bits per heavy atom. The van der Waals surface area contributed by atoms with Crippen molar-refractivity contribution in [2.75, 3.05) is 0 Å². The van der Waals surface area contributed by atoms with Crippen LogP contribution in [-0.4, -0.2) is 15.7 Å². The van der Waals surface area contributed by atoms with Crippen LogP contribution in [-0.2, 0) is 0 Å². The van der Waals surface area contributed by atoms with E-state index in [4.69, 9.17) is 0 Å². The van der Waals surface area contributed by atoms with E-state index in [1.54, 1.807) is 6.08 Å². The maximum absolute atomic E-state index is 10.7. The van der Waals surface area contributed by atoms with Crippen molar-refractivity contribution >= 4 is 39.6 Å². The van der Waals surface area contributed by atoms with Crippen molar-refractivity contribution in [1.82, 2.24) is 0 Å². The van der Waals surface area contributed by atoms with E-state index >= 15 is 0 Å². The molecule has 4 nitrogen and oxygen atoms in total. The molecule has 3 rings (SSSR count). The Balaban J connectivity index is 2.39. The molecule has 0 aliphatic heterocycles. The molecule has 1 aromatic rings. The van der Waals surface area contributed by atoms with Gasteiger partial charge in [0, 0.05) is 26.5 Å². The van der Waals surface area contributed by atoms with Crippen molar-refractivity contribution in [3.63, 3.8) is 0 Å². The minimum absolute atomic E-state index is 0.0113. The van der Waals surface area contributed by atoms with Crippen LogP contribution in [0.25, 0.3) is 11.3 Å². The number of aliphatic hydroxyl groups excluding tert-OH is 1. The zero-order valence-corrected chi connectivity index (χ0v) is 11.2. The Morgan fingerprint density at radius 2 is 1.89 bits per heavy atom. The highest BCUT2D eigenvalue weighted by atomic mass is 127. The summed E-state index contributed by atoms with van der Waals surface area (Å²) >= 11 is 2.17. The van der Waals surface area contributed by atoms with Crippen molar-refractivity contribution in [1.29, 1.82) is 0 Å². The Bertz CT molecular complexity index is 768. The van der Waals surface area contributed by atoms with E-state index in [0.717, 1.165) is 19.6 Å². The topological polar surface area (TPSA) is 69.4 Å². The van der Waals surface area contributed by atoms with E-state index in [0.29, 0.717) is 5.57 Å². The fourth-order valence-electron chi connectivity index (χ4n) is 2.17. The van der Waals surface area contributed by atoms with Crippen LogP contribution in [0.4, 0.5) is 0 Å². The maximum Gasteiger partial charge on any atom is 0.223 e. The molecular formula is C13H7INO3-. The van der Waals surface area contributed by atoms with E-state index in [9.17, 15) is 15.5 Å². The van der Waals surface area contributed by atoms with Gasteiger partial charge in [-0.3, -0.25) is 0 Å². The van der Waals surface area contributed by atoms with Crippen LogP contribution in [0.1, 0.15) is 0 Å². The molecular weight excluding hydrogens is 345 g/mol. The second-order valence-electron chi connectivity index (χ2n) is 4.03. The number of nitrogens with zero attached hydrogens (tertiary/aromatic N) is 1. The summed E-state index contributed by atoms with van der Waals surface area (Å²) in [6.45, 7) is 0. The van der Waals surface area contributed by atoms with Gasteiger partial charge >= 0.3 is 0 Å². The van der Waals surface area contributed by atoms with Crippen molar-refractivity contribution in [2.45, 2.75) is 0 Å². The smallest absolute Gasteiger partial charge is 0.223 e. The van der Waals surface area contributed by atoms with Gasteiger partial charge in [-0.15, -0.1) is 0 Å². The first kappa shape index (κ1) is 11.3. The molecule has 2 aliphatic carbocycles. The van der Waals surface area contributed by atoms with Gasteiger partial charge in [-0.2, -0.15) is 4.90 Å². The predicted molar refractivity (Wildman–Crippen MR) is 77.1 cm³/mol. The first-order chi connectivity index (χ1) is 8.58. The molecule has 1 aromatic carbocycles. The van der Waals surface area contributed by atoms with Gasteiger partial charge < -0.3 is 15.5 Å². The van der Waals surface area contributed by atoms with Gasteiger partial charge in [0.1, 0.15) is 5.76 Å². The lowest BCUT2D eigenvalue weighted by molar-refractivity contribution is -0.377. The molecule has 0 saturated carbocycles. The number of fused-ring (bicyclic) bond motifs is 2. The number of hydrogen-bond acceptors (Lipinski definition) is 3. The SMILES string of the molecule is [O-][N+]([O-])=C1C=CC2=c3ccc(I)cc3=C(O)C2=C1. The lowest BCUT2D eigenvalue weighted by atomic mass is 10.00. The first-order valence-corrected chi connectivity index (χ1v) is 6.31. The van der Waals surface area contributed by atoms with E-state index in [1.165, 1.54) is 12.2 Å². The van der Waals surface area contributed by atoms with Crippen LogP contribution in [0.3, 0.4) is 0 Å². The van der Waals surface area contributed by atoms with Crippen LogP contribution in [0, 0.1) is 14.0 Å². The summed E-state index contributed by atoms with van der Waals surface area (Å²) in [6.07, 6.45) is 4.55. The summed E-state index contributed by atoms with van der Waals surface area (Å²) in [4.78, 5) is -0.458. The van der Waals surface area contributed by atoms with Crippen LogP contribution in [0.15, 0.2) is 42.0 Å². The number of halogens is 1. The van der Waals surface area contributed by atoms with Crippen LogP contribution in [0.5, 0.6) is 0 Å². The molecule has 1 N–H and O–H groups in total. The molecule has 90 valence electrons. The molecule has 0 radical (unpaired) electrons. The Labute approximate surface area is 116 Å². The minimum atomic E-state index is -0.458. The van der Waals surface area contributed by atoms with Crippen molar-refractivity contribution in [3.8, 4) is 0 Å². The highest BCUT2D eigenvalue weighted by Gasteiger charge is 2.22. The summed E-state index contributed by atoms with van der Waals surface area (Å²) in [5, 5.41) is 33.3. The third-order valence-corrected chi connectivity index (χ3v) is 3.67. The summed E-state index contributed by atoms with van der Waals surface area (Å²) in [7, 11) is 0. The average Bonchev–Trinajstić information content (AvgIpc) is 2.62. The van der Waals surface area contributed by atoms with Gasteiger partial charge in [-0.25, -0.2) is 0 Å². The van der Waals surface area contributed by atoms with Crippen molar-refractivity contribution in [3.05, 3.63) is 66.4 Å². The highest BCUT2D eigenvalue weighted by molar-refractivity contribution is 14.1. The summed E-state index contributed by atoms with van der Waals surface area (Å²) < 4.78 is 1.01. The molecule has 0 fully saturated rings. The van der Waals surface area contributed by atoms with Gasteiger partial charge in [-0.1, -0.05) is 6.07 Å². The molecule has 0 spiro atoms. The quantitative estimate of drug-likeness (QED) is 0.431. The van der Waals surface area contributed by atoms with Crippen LogP contribution >= 0.6 is 22.6 Å². The van der Waals surface area contributed by atoms with E-state index < -0.39 is 4.90 Å². The van der Waals surface area contributed by atoms with Gasteiger partial charge in [0.25, 0.3) is 0 Å². The van der Waals surface area contributed by atoms with E-state index in [-0.39, 0.29) is 11.5 Å². The molecule has 0 atom stereocenters. The molecule has 0 aromatic heterocycles. The van der Waals surface area contributed by atoms with Crippen molar-refractivity contribution in [2.24, 2.45) is 0 Å². The Morgan fingerprint density at radius 3 is 2.61 bits per heavy atom. The summed E-state index contributed by atoms with van der Waals surface area (Å²) in [5.41, 5.74) is 1.36. The van der Waals surface area contributed by atoms with Gasteiger partial charge in [-0.05, 0) is 51.6 Å². The molecule has 0 heterocycles. The molecule has 0 saturated heterocycles. The molecule has 0 bridgehead atoms. The molecule has 18 heavy (non-hydrogen) atoms. The lowest BCUT2D eigenvalue weighted by Gasteiger charge is -2.11. The van der Waals surface area contributed by atoms with Gasteiger partial charge in [0.05, 0.1) is 0 Å². The predicted octanol–water partition coefficient (Wildman–Crippen LogP) is 1.07. The normalized spacial score (nSPS) is 16.5. The fourth-order valence-corrected chi connectivity index (χ4v) is 2.66. The van der Waals surface area contributed by atoms with Crippen LogP contribution in [0.2, 0.25) is 0 Å². The standard InChI is InChI=1S/C13H7INO3/c14-7-1-3-9-10-4-2-8(15(17)18)6-12(10)13(16)11(9)5-7/h1-6H,(H-,16,17,18)/q-1. The third kappa shape index (κ3) is 1.54. The molecule has 2 aliphatic rings. The minimum Gasteiger partial charge on any atom is -0.612 e. The lowest BCUT2D eigenvalue weighted by Crippen LogP contribution is -2.24. The number of benzene rings is 1. The number of rotatable bonds is 0. The highest BCUT2D eigenvalue weighted by Crippen LogP contribution is 2.25. The first-order valence-electron chi connectivity index (χ1n) is 5.23. The third-order valence-electron chi connectivity index (χ3n) is 3.00. The number of hydrogen-bond donors (Lipinski definition) is 1. The summed E-state index contributed by atoms with van der Waals surface area (Å²) in [6, 6.07) is 5.74. The molecule has 5 heteroatoms. The molecule has 0 amide bonds.